The van der Waals surface area contributed by atoms with Gasteiger partial charge in [-0.3, -0.25) is 0 Å². The van der Waals surface area contributed by atoms with Crippen molar-refractivity contribution >= 4 is 22.9 Å². The number of ether oxygens (including phenoxy) is 1. The summed E-state index contributed by atoms with van der Waals surface area (Å²) in [6, 6.07) is 6.27. The molecule has 1 aliphatic rings. The van der Waals surface area contributed by atoms with E-state index >= 15 is 0 Å². The largest absolute Gasteiger partial charge is 0.389 e. The molecule has 1 fully saturated rings. The smallest absolute Gasteiger partial charge is 0.104 e. The van der Waals surface area contributed by atoms with Crippen LogP contribution in [0.2, 0.25) is 0 Å². The number of nitrogens with two attached hydrogens (primary N) is 1. The van der Waals surface area contributed by atoms with E-state index in [-0.39, 0.29) is 0 Å². The molecular formula is C14H20N2OS. The van der Waals surface area contributed by atoms with Gasteiger partial charge < -0.3 is 15.4 Å². The Hall–Kier alpha value is -1.13. The van der Waals surface area contributed by atoms with Gasteiger partial charge in [0.2, 0.25) is 0 Å². The molecular weight excluding hydrogens is 244 g/mol. The number of aryl methyl sites for hydroxylation is 1. The minimum absolute atomic E-state index is 0.342. The third-order valence-electron chi connectivity index (χ3n) is 3.43. The first-order valence-electron chi connectivity index (χ1n) is 6.38. The highest BCUT2D eigenvalue weighted by Gasteiger charge is 2.19. The van der Waals surface area contributed by atoms with Crippen LogP contribution in [0.25, 0.3) is 0 Å². The van der Waals surface area contributed by atoms with E-state index in [4.69, 9.17) is 22.7 Å². The van der Waals surface area contributed by atoms with Gasteiger partial charge >= 0.3 is 0 Å². The Balaban J connectivity index is 2.18. The average Bonchev–Trinajstić information content (AvgIpc) is 2.38. The lowest BCUT2D eigenvalue weighted by atomic mass is 10.1. The van der Waals surface area contributed by atoms with E-state index in [1.807, 2.05) is 6.07 Å². The Labute approximate surface area is 114 Å². The monoisotopic (exact) mass is 264 g/mol. The Bertz CT molecular complexity index is 447. The van der Waals surface area contributed by atoms with Crippen molar-refractivity contribution in [1.29, 1.82) is 0 Å². The second-order valence-corrected chi connectivity index (χ2v) is 5.15. The van der Waals surface area contributed by atoms with E-state index in [2.05, 4.69) is 30.9 Å². The fourth-order valence-corrected chi connectivity index (χ4v) is 2.55. The molecule has 18 heavy (non-hydrogen) atoms. The lowest BCUT2D eigenvalue weighted by Gasteiger charge is -2.34. The number of hydrogen-bond acceptors (Lipinski definition) is 3. The van der Waals surface area contributed by atoms with Crippen molar-refractivity contribution in [1.82, 2.24) is 0 Å². The maximum atomic E-state index is 5.69. The van der Waals surface area contributed by atoms with Crippen LogP contribution in [0.15, 0.2) is 18.2 Å². The van der Waals surface area contributed by atoms with Crippen LogP contribution in [-0.4, -0.2) is 30.8 Å². The summed E-state index contributed by atoms with van der Waals surface area (Å²) in [6.45, 7) is 6.92. The van der Waals surface area contributed by atoms with E-state index in [9.17, 15) is 0 Å². The topological polar surface area (TPSA) is 38.5 Å². The van der Waals surface area contributed by atoms with Crippen LogP contribution < -0.4 is 10.6 Å². The predicted molar refractivity (Wildman–Crippen MR) is 79.3 cm³/mol. The fraction of sp³-hybridized carbons (Fsp3) is 0.500. The van der Waals surface area contributed by atoms with Crippen molar-refractivity contribution in [3.63, 3.8) is 0 Å². The molecule has 3 nitrogen and oxygen atoms in total. The molecule has 1 atom stereocenters. The lowest BCUT2D eigenvalue weighted by molar-refractivity contribution is 0.0384. The minimum Gasteiger partial charge on any atom is -0.389 e. The van der Waals surface area contributed by atoms with Crippen LogP contribution in [0.3, 0.4) is 0 Å². The zero-order chi connectivity index (χ0) is 13.1. The molecule has 1 aromatic carbocycles. The summed E-state index contributed by atoms with van der Waals surface area (Å²) in [4.78, 5) is 2.83. The Morgan fingerprint density at radius 1 is 1.56 bits per heavy atom. The van der Waals surface area contributed by atoms with Crippen molar-refractivity contribution in [3.8, 4) is 0 Å². The molecule has 4 heteroatoms. The molecule has 98 valence electrons. The summed E-state index contributed by atoms with van der Waals surface area (Å²) in [7, 11) is 0. The van der Waals surface area contributed by atoms with Gasteiger partial charge in [0.05, 0.1) is 12.7 Å². The number of thiocarbonyl (C=S) groups is 1. The van der Waals surface area contributed by atoms with Crippen molar-refractivity contribution < 1.29 is 4.74 Å². The molecule has 1 unspecified atom stereocenters. The van der Waals surface area contributed by atoms with Gasteiger partial charge in [-0.05, 0) is 37.1 Å². The number of benzene rings is 1. The van der Waals surface area contributed by atoms with Crippen molar-refractivity contribution in [3.05, 3.63) is 29.3 Å². The minimum atomic E-state index is 0.342. The molecule has 0 radical (unpaired) electrons. The zero-order valence-corrected chi connectivity index (χ0v) is 11.8. The highest BCUT2D eigenvalue weighted by Crippen LogP contribution is 2.22. The summed E-state index contributed by atoms with van der Waals surface area (Å²) in [5.41, 5.74) is 9.02. The number of morpholine rings is 1. The summed E-state index contributed by atoms with van der Waals surface area (Å²) < 4.78 is 5.69. The van der Waals surface area contributed by atoms with Gasteiger partial charge in [-0.1, -0.05) is 19.1 Å². The SMILES string of the molecule is CCC1CN(c2ccc(C(N)=S)c(C)c2)CCO1. The molecule has 0 amide bonds. The first-order valence-corrected chi connectivity index (χ1v) is 6.79. The number of hydrogen-bond donors (Lipinski definition) is 1. The van der Waals surface area contributed by atoms with E-state index < -0.39 is 0 Å². The van der Waals surface area contributed by atoms with Crippen LogP contribution in [0.5, 0.6) is 0 Å². The number of rotatable bonds is 3. The molecule has 0 saturated carbocycles. The van der Waals surface area contributed by atoms with Gasteiger partial charge in [0.15, 0.2) is 0 Å². The second-order valence-electron chi connectivity index (χ2n) is 4.71. The summed E-state index contributed by atoms with van der Waals surface area (Å²) in [5.74, 6) is 0. The molecule has 2 N–H and O–H groups in total. The molecule has 0 bridgehead atoms. The van der Waals surface area contributed by atoms with Gasteiger partial charge in [0, 0.05) is 24.3 Å². The van der Waals surface area contributed by atoms with Gasteiger partial charge in [-0.15, -0.1) is 0 Å². The normalized spacial score (nSPS) is 19.9. The Morgan fingerprint density at radius 2 is 2.33 bits per heavy atom. The van der Waals surface area contributed by atoms with E-state index in [0.29, 0.717) is 11.1 Å². The molecule has 1 aliphatic heterocycles. The van der Waals surface area contributed by atoms with Crippen molar-refractivity contribution in [2.45, 2.75) is 26.4 Å². The van der Waals surface area contributed by atoms with Gasteiger partial charge in [-0.2, -0.15) is 0 Å². The first-order chi connectivity index (χ1) is 8.61. The second kappa shape index (κ2) is 5.67. The van der Waals surface area contributed by atoms with E-state index in [1.165, 1.54) is 5.69 Å². The van der Waals surface area contributed by atoms with Crippen LogP contribution >= 0.6 is 12.2 Å². The molecule has 0 aromatic heterocycles. The van der Waals surface area contributed by atoms with E-state index in [1.54, 1.807) is 0 Å². The van der Waals surface area contributed by atoms with Gasteiger partial charge in [0.1, 0.15) is 4.99 Å². The highest BCUT2D eigenvalue weighted by atomic mass is 32.1. The Morgan fingerprint density at radius 3 is 2.94 bits per heavy atom. The molecule has 2 rings (SSSR count). The number of anilines is 1. The van der Waals surface area contributed by atoms with Crippen LogP contribution in [0, 0.1) is 6.92 Å². The first kappa shape index (κ1) is 13.3. The van der Waals surface area contributed by atoms with E-state index in [0.717, 1.165) is 37.2 Å². The standard InChI is InChI=1S/C14H20N2OS/c1-3-12-9-16(6-7-17-12)11-4-5-13(14(15)18)10(2)8-11/h4-5,8,12H,3,6-7,9H2,1-2H3,(H2,15,18). The van der Waals surface area contributed by atoms with Crippen LogP contribution in [0.1, 0.15) is 24.5 Å². The van der Waals surface area contributed by atoms with Crippen molar-refractivity contribution in [2.24, 2.45) is 5.73 Å². The third kappa shape index (κ3) is 2.82. The zero-order valence-electron chi connectivity index (χ0n) is 11.0. The fourth-order valence-electron chi connectivity index (χ4n) is 2.32. The molecule has 1 heterocycles. The third-order valence-corrected chi connectivity index (χ3v) is 3.65. The lowest BCUT2D eigenvalue weighted by Crippen LogP contribution is -2.42. The van der Waals surface area contributed by atoms with Gasteiger partial charge in [0.25, 0.3) is 0 Å². The summed E-state index contributed by atoms with van der Waals surface area (Å²) >= 11 is 5.03. The summed E-state index contributed by atoms with van der Waals surface area (Å²) in [6.07, 6.45) is 1.40. The quantitative estimate of drug-likeness (QED) is 0.850. The summed E-state index contributed by atoms with van der Waals surface area (Å²) in [5, 5.41) is 0. The van der Waals surface area contributed by atoms with Gasteiger partial charge in [-0.25, -0.2) is 0 Å². The maximum absolute atomic E-state index is 5.69. The molecule has 1 aromatic rings. The highest BCUT2D eigenvalue weighted by molar-refractivity contribution is 7.80. The maximum Gasteiger partial charge on any atom is 0.104 e. The van der Waals surface area contributed by atoms with Crippen LogP contribution in [0.4, 0.5) is 5.69 Å². The number of nitrogens with zero attached hydrogens (tertiary/aromatic N) is 1. The van der Waals surface area contributed by atoms with Crippen LogP contribution in [-0.2, 0) is 4.74 Å². The predicted octanol–water partition coefficient (Wildman–Crippen LogP) is 2.24. The average molecular weight is 264 g/mol. The van der Waals surface area contributed by atoms with Crippen molar-refractivity contribution in [2.75, 3.05) is 24.6 Å². The molecule has 0 aliphatic carbocycles. The Kier molecular flexibility index (Phi) is 4.19. The molecule has 0 spiro atoms. The molecule has 1 saturated heterocycles.